The molecule has 0 radical (unpaired) electrons. The SMILES string of the molecule is OCC1(Cc2ccc(F)cc2)CN(C2COC2)CCO1. The fourth-order valence-electron chi connectivity index (χ4n) is 2.85. The fraction of sp³-hybridized carbons (Fsp3) is 0.600. The van der Waals surface area contributed by atoms with Crippen molar-refractivity contribution in [1.82, 2.24) is 4.90 Å². The molecule has 1 aromatic rings. The van der Waals surface area contributed by atoms with E-state index in [1.54, 1.807) is 12.1 Å². The quantitative estimate of drug-likeness (QED) is 0.887. The van der Waals surface area contributed by atoms with E-state index < -0.39 is 5.60 Å². The van der Waals surface area contributed by atoms with Gasteiger partial charge in [0.15, 0.2) is 0 Å². The lowest BCUT2D eigenvalue weighted by Crippen LogP contribution is -2.61. The summed E-state index contributed by atoms with van der Waals surface area (Å²) in [4.78, 5) is 2.33. The molecule has 0 aliphatic carbocycles. The minimum atomic E-state index is -0.592. The molecule has 0 amide bonds. The van der Waals surface area contributed by atoms with Gasteiger partial charge in [0.2, 0.25) is 0 Å². The summed E-state index contributed by atoms with van der Waals surface area (Å²) in [6.07, 6.45) is 0.591. The molecule has 2 aliphatic rings. The second kappa shape index (κ2) is 5.77. The van der Waals surface area contributed by atoms with Crippen molar-refractivity contribution in [3.8, 4) is 0 Å². The molecule has 2 heterocycles. The number of rotatable bonds is 4. The Morgan fingerprint density at radius 3 is 2.65 bits per heavy atom. The van der Waals surface area contributed by atoms with Gasteiger partial charge >= 0.3 is 0 Å². The maximum Gasteiger partial charge on any atom is 0.123 e. The van der Waals surface area contributed by atoms with Crippen molar-refractivity contribution in [2.45, 2.75) is 18.1 Å². The van der Waals surface area contributed by atoms with Gasteiger partial charge in [-0.05, 0) is 17.7 Å². The Kier molecular flexibility index (Phi) is 4.03. The normalized spacial score (nSPS) is 28.3. The second-order valence-electron chi connectivity index (χ2n) is 5.65. The standard InChI is InChI=1S/C15H20FNO3/c16-13-3-1-12(2-4-13)7-15(11-18)10-17(5-6-20-15)14-8-19-9-14/h1-4,14,18H,5-11H2. The van der Waals surface area contributed by atoms with Crippen LogP contribution >= 0.6 is 0 Å². The number of aliphatic hydroxyl groups excluding tert-OH is 1. The van der Waals surface area contributed by atoms with Crippen LogP contribution in [-0.2, 0) is 15.9 Å². The summed E-state index contributed by atoms with van der Waals surface area (Å²) in [5.74, 6) is -0.246. The van der Waals surface area contributed by atoms with Gasteiger partial charge in [0.05, 0.1) is 32.5 Å². The molecule has 5 heteroatoms. The third kappa shape index (κ3) is 2.86. The number of aliphatic hydroxyl groups is 1. The maximum atomic E-state index is 13.0. The van der Waals surface area contributed by atoms with Gasteiger partial charge in [-0.2, -0.15) is 0 Å². The summed E-state index contributed by atoms with van der Waals surface area (Å²) in [5.41, 5.74) is 0.387. The van der Waals surface area contributed by atoms with E-state index in [0.717, 1.165) is 25.3 Å². The Hall–Kier alpha value is -1.01. The lowest BCUT2D eigenvalue weighted by atomic mass is 9.92. The first-order chi connectivity index (χ1) is 9.71. The summed E-state index contributed by atoms with van der Waals surface area (Å²) >= 11 is 0. The van der Waals surface area contributed by atoms with E-state index in [9.17, 15) is 9.50 Å². The minimum absolute atomic E-state index is 0.0333. The highest BCUT2D eigenvalue weighted by atomic mass is 19.1. The van der Waals surface area contributed by atoms with E-state index in [4.69, 9.17) is 9.47 Å². The zero-order chi connectivity index (χ0) is 14.0. The maximum absolute atomic E-state index is 13.0. The van der Waals surface area contributed by atoms with Gasteiger partial charge in [0, 0.05) is 19.5 Å². The van der Waals surface area contributed by atoms with Gasteiger partial charge in [-0.1, -0.05) is 12.1 Å². The average molecular weight is 281 g/mol. The van der Waals surface area contributed by atoms with Crippen LogP contribution in [0.5, 0.6) is 0 Å². The first-order valence-electron chi connectivity index (χ1n) is 7.02. The molecule has 2 aliphatic heterocycles. The molecule has 20 heavy (non-hydrogen) atoms. The van der Waals surface area contributed by atoms with Crippen molar-refractivity contribution in [3.05, 3.63) is 35.6 Å². The van der Waals surface area contributed by atoms with Crippen molar-refractivity contribution in [1.29, 1.82) is 0 Å². The number of morpholine rings is 1. The molecule has 1 aromatic carbocycles. The van der Waals surface area contributed by atoms with E-state index in [0.29, 0.717) is 25.6 Å². The predicted octanol–water partition coefficient (Wildman–Crippen LogP) is 0.830. The first kappa shape index (κ1) is 13.9. The molecular weight excluding hydrogens is 261 g/mol. The summed E-state index contributed by atoms with van der Waals surface area (Å²) in [6.45, 7) is 3.66. The van der Waals surface area contributed by atoms with E-state index in [-0.39, 0.29) is 12.4 Å². The van der Waals surface area contributed by atoms with Crippen LogP contribution in [0.2, 0.25) is 0 Å². The van der Waals surface area contributed by atoms with Crippen molar-refractivity contribution in [2.24, 2.45) is 0 Å². The molecule has 3 rings (SSSR count). The Bertz CT molecular complexity index is 449. The fourth-order valence-corrected chi connectivity index (χ4v) is 2.85. The van der Waals surface area contributed by atoms with Crippen LogP contribution in [0.15, 0.2) is 24.3 Å². The Morgan fingerprint density at radius 1 is 1.30 bits per heavy atom. The molecule has 0 aromatic heterocycles. The van der Waals surface area contributed by atoms with E-state index in [2.05, 4.69) is 4.90 Å². The lowest BCUT2D eigenvalue weighted by Gasteiger charge is -2.47. The van der Waals surface area contributed by atoms with Crippen molar-refractivity contribution in [3.63, 3.8) is 0 Å². The molecule has 4 nitrogen and oxygen atoms in total. The number of benzene rings is 1. The van der Waals surface area contributed by atoms with E-state index in [1.807, 2.05) is 0 Å². The number of halogens is 1. The second-order valence-corrected chi connectivity index (χ2v) is 5.65. The zero-order valence-corrected chi connectivity index (χ0v) is 11.4. The van der Waals surface area contributed by atoms with Crippen LogP contribution in [-0.4, -0.2) is 61.2 Å². The van der Waals surface area contributed by atoms with Crippen molar-refractivity contribution >= 4 is 0 Å². The monoisotopic (exact) mass is 281 g/mol. The highest BCUT2D eigenvalue weighted by molar-refractivity contribution is 5.19. The molecule has 0 bridgehead atoms. The molecule has 1 unspecified atom stereocenters. The summed E-state index contributed by atoms with van der Waals surface area (Å²) in [6, 6.07) is 6.84. The molecule has 1 N–H and O–H groups in total. The number of nitrogens with zero attached hydrogens (tertiary/aromatic N) is 1. The molecule has 1 atom stereocenters. The van der Waals surface area contributed by atoms with Crippen LogP contribution < -0.4 is 0 Å². The molecule has 0 spiro atoms. The molecule has 2 saturated heterocycles. The van der Waals surface area contributed by atoms with Crippen molar-refractivity contribution in [2.75, 3.05) is 39.5 Å². The van der Waals surface area contributed by atoms with Crippen LogP contribution in [0.3, 0.4) is 0 Å². The highest BCUT2D eigenvalue weighted by Gasteiger charge is 2.40. The largest absolute Gasteiger partial charge is 0.393 e. The minimum Gasteiger partial charge on any atom is -0.393 e. The summed E-state index contributed by atoms with van der Waals surface area (Å²) in [7, 11) is 0. The van der Waals surface area contributed by atoms with Gasteiger partial charge in [0.25, 0.3) is 0 Å². The van der Waals surface area contributed by atoms with Gasteiger partial charge in [-0.3, -0.25) is 4.90 Å². The predicted molar refractivity (Wildman–Crippen MR) is 72.1 cm³/mol. The highest BCUT2D eigenvalue weighted by Crippen LogP contribution is 2.26. The number of hydrogen-bond acceptors (Lipinski definition) is 4. The molecule has 2 fully saturated rings. The van der Waals surface area contributed by atoms with E-state index >= 15 is 0 Å². The van der Waals surface area contributed by atoms with Crippen LogP contribution in [0, 0.1) is 5.82 Å². The first-order valence-corrected chi connectivity index (χ1v) is 7.02. The third-order valence-electron chi connectivity index (χ3n) is 4.14. The Morgan fingerprint density at radius 2 is 2.05 bits per heavy atom. The molecule has 0 saturated carbocycles. The van der Waals surface area contributed by atoms with Crippen molar-refractivity contribution < 1.29 is 19.0 Å². The topological polar surface area (TPSA) is 41.9 Å². The van der Waals surface area contributed by atoms with Gasteiger partial charge in [0.1, 0.15) is 11.4 Å². The summed E-state index contributed by atoms with van der Waals surface area (Å²) in [5, 5.41) is 9.79. The summed E-state index contributed by atoms with van der Waals surface area (Å²) < 4.78 is 24.1. The van der Waals surface area contributed by atoms with E-state index in [1.165, 1.54) is 12.1 Å². The number of ether oxygens (including phenoxy) is 2. The molecule has 110 valence electrons. The van der Waals surface area contributed by atoms with Crippen LogP contribution in [0.1, 0.15) is 5.56 Å². The lowest BCUT2D eigenvalue weighted by molar-refractivity contribution is -0.168. The van der Waals surface area contributed by atoms with Gasteiger partial charge in [-0.25, -0.2) is 4.39 Å². The smallest absolute Gasteiger partial charge is 0.123 e. The number of hydrogen-bond donors (Lipinski definition) is 1. The average Bonchev–Trinajstić information content (AvgIpc) is 2.40. The zero-order valence-electron chi connectivity index (χ0n) is 11.4. The Labute approximate surface area is 118 Å². The van der Waals surface area contributed by atoms with Crippen LogP contribution in [0.25, 0.3) is 0 Å². The van der Waals surface area contributed by atoms with Gasteiger partial charge < -0.3 is 14.6 Å². The third-order valence-corrected chi connectivity index (χ3v) is 4.14. The Balaban J connectivity index is 1.70. The van der Waals surface area contributed by atoms with Crippen LogP contribution in [0.4, 0.5) is 4.39 Å². The molecular formula is C15H20FNO3. The van der Waals surface area contributed by atoms with Gasteiger partial charge in [-0.15, -0.1) is 0 Å².